The molecular weight excluding hydrogens is 381 g/mol. The van der Waals surface area contributed by atoms with Crippen LogP contribution >= 0.6 is 11.6 Å². The predicted octanol–water partition coefficient (Wildman–Crippen LogP) is 4.57. The highest BCUT2D eigenvalue weighted by molar-refractivity contribution is 6.35. The third-order valence-electron chi connectivity index (χ3n) is 5.19. The maximum absolute atomic E-state index is 14.2. The summed E-state index contributed by atoms with van der Waals surface area (Å²) < 4.78 is 16.0. The van der Waals surface area contributed by atoms with E-state index in [1.54, 1.807) is 6.07 Å². The molecule has 1 atom stereocenters. The number of hydrogen-bond acceptors (Lipinski definition) is 4. The molecule has 1 fully saturated rings. The molecule has 0 amide bonds. The molecule has 1 saturated carbocycles. The molecule has 1 aromatic carbocycles. The Balaban J connectivity index is 1.65. The first-order valence-electron chi connectivity index (χ1n) is 9.12. The summed E-state index contributed by atoms with van der Waals surface area (Å²) in [7, 11) is 0. The second-order valence-electron chi connectivity index (χ2n) is 7.13. The lowest BCUT2D eigenvalue weighted by Crippen LogP contribution is -2.26. The smallest absolute Gasteiger partial charge is 0.260 e. The number of nitrogens with one attached hydrogen (secondary N) is 2. The summed E-state index contributed by atoms with van der Waals surface area (Å²) in [6.07, 6.45) is 4.55. The van der Waals surface area contributed by atoms with E-state index >= 15 is 0 Å². The molecule has 0 aliphatic heterocycles. The molecule has 0 bridgehead atoms. The SMILES string of the molecule is CC(Nc1ncnc2[nH]cc(F)c12)c1cc2cccc(Cl)c2c(=O)n1C1CC1. The molecule has 1 aliphatic rings. The first kappa shape index (κ1) is 17.2. The van der Waals surface area contributed by atoms with Crippen LogP contribution in [0.1, 0.15) is 37.5 Å². The van der Waals surface area contributed by atoms with E-state index in [0.717, 1.165) is 23.9 Å². The van der Waals surface area contributed by atoms with Crippen molar-refractivity contribution < 1.29 is 4.39 Å². The third-order valence-corrected chi connectivity index (χ3v) is 5.51. The highest BCUT2D eigenvalue weighted by atomic mass is 35.5. The van der Waals surface area contributed by atoms with Gasteiger partial charge in [0.05, 0.1) is 21.8 Å². The van der Waals surface area contributed by atoms with Crippen molar-refractivity contribution in [2.75, 3.05) is 5.32 Å². The van der Waals surface area contributed by atoms with Crippen molar-refractivity contribution in [1.29, 1.82) is 0 Å². The number of rotatable bonds is 4. The van der Waals surface area contributed by atoms with Crippen molar-refractivity contribution in [2.24, 2.45) is 0 Å². The number of nitrogens with zero attached hydrogens (tertiary/aromatic N) is 3. The largest absolute Gasteiger partial charge is 0.361 e. The predicted molar refractivity (Wildman–Crippen MR) is 107 cm³/mol. The fourth-order valence-corrected chi connectivity index (χ4v) is 3.97. The minimum absolute atomic E-state index is 0.0880. The van der Waals surface area contributed by atoms with Crippen LogP contribution in [0.25, 0.3) is 21.8 Å². The Morgan fingerprint density at radius 2 is 2.14 bits per heavy atom. The van der Waals surface area contributed by atoms with Gasteiger partial charge in [-0.3, -0.25) is 4.79 Å². The lowest BCUT2D eigenvalue weighted by molar-refractivity contribution is 0.632. The summed E-state index contributed by atoms with van der Waals surface area (Å²) in [5.74, 6) is -0.0348. The van der Waals surface area contributed by atoms with Crippen molar-refractivity contribution in [1.82, 2.24) is 19.5 Å². The monoisotopic (exact) mass is 397 g/mol. The van der Waals surface area contributed by atoms with Crippen LogP contribution in [0.4, 0.5) is 10.2 Å². The van der Waals surface area contributed by atoms with E-state index in [2.05, 4.69) is 20.3 Å². The molecular formula is C20H17ClFN5O. The fraction of sp³-hybridized carbons (Fsp3) is 0.250. The maximum Gasteiger partial charge on any atom is 0.260 e. The first-order chi connectivity index (χ1) is 13.5. The maximum atomic E-state index is 14.2. The van der Waals surface area contributed by atoms with Crippen LogP contribution in [-0.2, 0) is 0 Å². The standard InChI is InChI=1S/C20H17ClFN5O/c1-10(26-19-17-14(22)8-23-18(17)24-9-25-19)15-7-11-3-2-4-13(21)16(11)20(28)27(15)12-5-6-12/h2-4,7-10,12H,5-6H2,1H3,(H2,23,24,25,26). The zero-order valence-corrected chi connectivity index (χ0v) is 15.8. The van der Waals surface area contributed by atoms with E-state index in [9.17, 15) is 9.18 Å². The van der Waals surface area contributed by atoms with E-state index in [-0.39, 0.29) is 17.6 Å². The van der Waals surface area contributed by atoms with Gasteiger partial charge in [-0.1, -0.05) is 23.7 Å². The molecule has 5 rings (SSSR count). The number of halogens is 2. The summed E-state index contributed by atoms with van der Waals surface area (Å²) in [6.45, 7) is 1.93. The van der Waals surface area contributed by atoms with Crippen molar-refractivity contribution in [3.63, 3.8) is 0 Å². The Hall–Kier alpha value is -2.93. The number of hydrogen-bond donors (Lipinski definition) is 2. The average molecular weight is 398 g/mol. The Bertz CT molecular complexity index is 1280. The van der Waals surface area contributed by atoms with Gasteiger partial charge in [0.1, 0.15) is 17.8 Å². The molecule has 4 aromatic rings. The van der Waals surface area contributed by atoms with Crippen LogP contribution in [0.2, 0.25) is 5.02 Å². The van der Waals surface area contributed by atoms with Gasteiger partial charge in [0.15, 0.2) is 5.82 Å². The molecule has 0 spiro atoms. The summed E-state index contributed by atoms with van der Waals surface area (Å²) >= 11 is 6.30. The van der Waals surface area contributed by atoms with Crippen molar-refractivity contribution in [3.05, 3.63) is 63.7 Å². The molecule has 142 valence electrons. The Morgan fingerprint density at radius 1 is 1.32 bits per heavy atom. The number of H-pyrrole nitrogens is 1. The highest BCUT2D eigenvalue weighted by Crippen LogP contribution is 2.38. The second-order valence-corrected chi connectivity index (χ2v) is 7.54. The van der Waals surface area contributed by atoms with Crippen molar-refractivity contribution >= 4 is 39.2 Å². The molecule has 28 heavy (non-hydrogen) atoms. The second kappa shape index (κ2) is 6.31. The van der Waals surface area contributed by atoms with Gasteiger partial charge in [-0.15, -0.1) is 0 Å². The lowest BCUT2D eigenvalue weighted by Gasteiger charge is -2.21. The zero-order valence-electron chi connectivity index (χ0n) is 15.0. The average Bonchev–Trinajstić information content (AvgIpc) is 3.44. The third kappa shape index (κ3) is 2.65. The minimum atomic E-state index is -0.421. The van der Waals surface area contributed by atoms with Crippen molar-refractivity contribution in [3.8, 4) is 0 Å². The van der Waals surface area contributed by atoms with Crippen LogP contribution in [0.3, 0.4) is 0 Å². The van der Waals surface area contributed by atoms with Crippen LogP contribution in [0, 0.1) is 5.82 Å². The fourth-order valence-electron chi connectivity index (χ4n) is 3.71. The zero-order chi connectivity index (χ0) is 19.4. The summed E-state index contributed by atoms with van der Waals surface area (Å²) in [5.41, 5.74) is 1.16. The van der Waals surface area contributed by atoms with Crippen LogP contribution in [0.5, 0.6) is 0 Å². The molecule has 2 N–H and O–H groups in total. The number of aromatic amines is 1. The van der Waals surface area contributed by atoms with Crippen LogP contribution in [0.15, 0.2) is 41.6 Å². The summed E-state index contributed by atoms with van der Waals surface area (Å²) in [4.78, 5) is 24.2. The van der Waals surface area contributed by atoms with Gasteiger partial charge in [-0.25, -0.2) is 14.4 Å². The number of anilines is 1. The van der Waals surface area contributed by atoms with Gasteiger partial charge < -0.3 is 14.9 Å². The molecule has 3 heterocycles. The number of fused-ring (bicyclic) bond motifs is 2. The minimum Gasteiger partial charge on any atom is -0.361 e. The molecule has 3 aromatic heterocycles. The summed E-state index contributed by atoms with van der Waals surface area (Å²) in [5, 5.41) is 5.34. The Labute approximate surface area is 164 Å². The van der Waals surface area contributed by atoms with Gasteiger partial charge >= 0.3 is 0 Å². The molecule has 0 saturated heterocycles. The lowest BCUT2D eigenvalue weighted by atomic mass is 10.1. The molecule has 1 aliphatic carbocycles. The van der Waals surface area contributed by atoms with E-state index in [0.29, 0.717) is 27.3 Å². The van der Waals surface area contributed by atoms with Gasteiger partial charge in [-0.2, -0.15) is 0 Å². The highest BCUT2D eigenvalue weighted by Gasteiger charge is 2.29. The van der Waals surface area contributed by atoms with E-state index in [4.69, 9.17) is 11.6 Å². The van der Waals surface area contributed by atoms with Crippen molar-refractivity contribution in [2.45, 2.75) is 31.8 Å². The Kier molecular flexibility index (Phi) is 3.87. The topological polar surface area (TPSA) is 75.6 Å². The molecule has 0 radical (unpaired) electrons. The van der Waals surface area contributed by atoms with E-state index in [1.807, 2.05) is 29.7 Å². The molecule has 6 nitrogen and oxygen atoms in total. The van der Waals surface area contributed by atoms with E-state index in [1.165, 1.54) is 12.5 Å². The normalized spacial score (nSPS) is 15.2. The first-order valence-corrected chi connectivity index (χ1v) is 9.50. The molecule has 8 heteroatoms. The number of aromatic nitrogens is 4. The Morgan fingerprint density at radius 3 is 2.93 bits per heavy atom. The van der Waals surface area contributed by atoms with Crippen LogP contribution < -0.4 is 10.9 Å². The van der Waals surface area contributed by atoms with Gasteiger partial charge in [0.2, 0.25) is 0 Å². The van der Waals surface area contributed by atoms with Gasteiger partial charge in [0, 0.05) is 17.9 Å². The summed E-state index contributed by atoms with van der Waals surface area (Å²) in [6, 6.07) is 7.31. The van der Waals surface area contributed by atoms with Gasteiger partial charge in [-0.05, 0) is 37.3 Å². The number of pyridine rings is 1. The van der Waals surface area contributed by atoms with Gasteiger partial charge in [0.25, 0.3) is 5.56 Å². The van der Waals surface area contributed by atoms with E-state index < -0.39 is 5.82 Å². The van der Waals surface area contributed by atoms with Crippen LogP contribution in [-0.4, -0.2) is 19.5 Å². The number of benzene rings is 1. The quantitative estimate of drug-likeness (QED) is 0.528. The molecule has 1 unspecified atom stereocenters.